The van der Waals surface area contributed by atoms with E-state index >= 15 is 0 Å². The average Bonchev–Trinajstić information content (AvgIpc) is 3.06. The van der Waals surface area contributed by atoms with Crippen LogP contribution in [-0.2, 0) is 4.79 Å². The van der Waals surface area contributed by atoms with Crippen LogP contribution in [-0.4, -0.2) is 52.5 Å². The average molecular weight is 380 g/mol. The molecule has 2 aliphatic rings. The number of benzene rings is 1. The summed E-state index contributed by atoms with van der Waals surface area (Å²) in [7, 11) is 0. The normalized spacial score (nSPS) is 23.0. The van der Waals surface area contributed by atoms with Crippen molar-refractivity contribution in [2.45, 2.75) is 50.1 Å². The number of nitrogens with one attached hydrogen (secondary N) is 2. The van der Waals surface area contributed by atoms with Gasteiger partial charge in [-0.25, -0.2) is 4.39 Å². The summed E-state index contributed by atoms with van der Waals surface area (Å²) >= 11 is 1.79. The highest BCUT2D eigenvalue weighted by Crippen LogP contribution is 2.39. The molecule has 2 aliphatic heterocycles. The van der Waals surface area contributed by atoms with E-state index in [0.29, 0.717) is 18.7 Å². The largest absolute Gasteiger partial charge is 0.352 e. The van der Waals surface area contributed by atoms with E-state index in [1.54, 1.807) is 11.8 Å². The van der Waals surface area contributed by atoms with Gasteiger partial charge in [0.25, 0.3) is 5.91 Å². The van der Waals surface area contributed by atoms with Crippen molar-refractivity contribution in [1.82, 2.24) is 15.5 Å². The van der Waals surface area contributed by atoms with Crippen molar-refractivity contribution in [2.75, 3.05) is 18.8 Å². The van der Waals surface area contributed by atoms with Crippen molar-refractivity contribution in [3.8, 4) is 0 Å². The highest BCUT2D eigenvalue weighted by Gasteiger charge is 2.44. The molecule has 0 aliphatic carbocycles. The fraction of sp³-hybridized carbons (Fsp3) is 0.579. The van der Waals surface area contributed by atoms with Gasteiger partial charge in [0, 0.05) is 30.4 Å². The quantitative estimate of drug-likeness (QED) is 0.843. The molecule has 3 rings (SSSR count). The molecule has 0 saturated carbocycles. The lowest BCUT2D eigenvalue weighted by molar-refractivity contribution is -0.123. The van der Waals surface area contributed by atoms with Gasteiger partial charge in [0.05, 0.1) is 10.9 Å². The Morgan fingerprint density at radius 3 is 2.62 bits per heavy atom. The van der Waals surface area contributed by atoms with Crippen molar-refractivity contribution in [3.05, 3.63) is 35.6 Å². The molecule has 0 bridgehead atoms. The van der Waals surface area contributed by atoms with E-state index in [4.69, 9.17) is 0 Å². The minimum Gasteiger partial charge on any atom is -0.352 e. The molecule has 2 saturated heterocycles. The van der Waals surface area contributed by atoms with Crippen molar-refractivity contribution in [2.24, 2.45) is 0 Å². The van der Waals surface area contributed by atoms with Gasteiger partial charge in [-0.15, -0.1) is 11.8 Å². The van der Waals surface area contributed by atoms with Crippen LogP contribution in [0.1, 0.15) is 43.5 Å². The van der Waals surface area contributed by atoms with Gasteiger partial charge in [-0.1, -0.05) is 6.92 Å². The Hall–Kier alpha value is -1.60. The Morgan fingerprint density at radius 1 is 1.35 bits per heavy atom. The number of amides is 2. The fourth-order valence-electron chi connectivity index (χ4n) is 3.37. The van der Waals surface area contributed by atoms with Crippen LogP contribution in [0.4, 0.5) is 4.39 Å². The zero-order chi connectivity index (χ0) is 18.7. The second-order valence-corrected chi connectivity index (χ2v) is 8.52. The van der Waals surface area contributed by atoms with Crippen LogP contribution in [0, 0.1) is 5.82 Å². The Balaban J connectivity index is 1.54. The third-order valence-electron chi connectivity index (χ3n) is 5.23. The molecule has 2 atom stereocenters. The summed E-state index contributed by atoms with van der Waals surface area (Å²) in [6.45, 7) is 5.33. The molecular formula is C19H26FN3O2S. The van der Waals surface area contributed by atoms with Crippen LogP contribution >= 0.6 is 11.8 Å². The molecule has 5 nitrogen and oxygen atoms in total. The van der Waals surface area contributed by atoms with Crippen molar-refractivity contribution < 1.29 is 14.0 Å². The molecule has 0 aromatic heterocycles. The van der Waals surface area contributed by atoms with Gasteiger partial charge in [-0.2, -0.15) is 0 Å². The molecule has 142 valence electrons. The fourth-order valence-corrected chi connectivity index (χ4v) is 4.78. The van der Waals surface area contributed by atoms with Gasteiger partial charge >= 0.3 is 0 Å². The zero-order valence-corrected chi connectivity index (χ0v) is 16.1. The first-order chi connectivity index (χ1) is 12.4. The maximum absolute atomic E-state index is 13.0. The molecule has 0 radical (unpaired) electrons. The van der Waals surface area contributed by atoms with Gasteiger partial charge in [0.2, 0.25) is 5.91 Å². The highest BCUT2D eigenvalue weighted by molar-refractivity contribution is 8.01. The standard InChI is InChI=1S/C19H26FN3O2S/c1-3-13(2)21-17(24)16-12-26-19(22-16)8-10-23(11-9-19)18(25)14-4-6-15(20)7-5-14/h4-7,13,16,22H,3,8-12H2,1-2H3,(H,21,24). The molecule has 2 N–H and O–H groups in total. The van der Waals surface area contributed by atoms with Gasteiger partial charge in [0.1, 0.15) is 5.82 Å². The van der Waals surface area contributed by atoms with Crippen LogP contribution < -0.4 is 10.6 Å². The molecule has 2 fully saturated rings. The number of likely N-dealkylation sites (tertiary alicyclic amines) is 1. The predicted octanol–water partition coefficient (Wildman–Crippen LogP) is 2.38. The number of carbonyl (C=O) groups is 2. The van der Waals surface area contributed by atoms with E-state index in [2.05, 4.69) is 17.6 Å². The molecule has 1 spiro atoms. The molecule has 2 heterocycles. The maximum Gasteiger partial charge on any atom is 0.253 e. The lowest BCUT2D eigenvalue weighted by Crippen LogP contribution is -2.55. The van der Waals surface area contributed by atoms with Crippen molar-refractivity contribution >= 4 is 23.6 Å². The summed E-state index contributed by atoms with van der Waals surface area (Å²) in [5.41, 5.74) is 0.514. The molecule has 2 amide bonds. The number of halogens is 1. The number of hydrogen-bond donors (Lipinski definition) is 2. The summed E-state index contributed by atoms with van der Waals surface area (Å²) in [6, 6.07) is 5.69. The van der Waals surface area contributed by atoms with Gasteiger partial charge in [0.15, 0.2) is 0 Å². The highest BCUT2D eigenvalue weighted by atomic mass is 32.2. The van der Waals surface area contributed by atoms with E-state index in [1.807, 2.05) is 11.8 Å². The molecule has 2 unspecified atom stereocenters. The zero-order valence-electron chi connectivity index (χ0n) is 15.3. The van der Waals surface area contributed by atoms with Crippen LogP contribution in [0.5, 0.6) is 0 Å². The summed E-state index contributed by atoms with van der Waals surface area (Å²) < 4.78 is 13.0. The summed E-state index contributed by atoms with van der Waals surface area (Å²) in [4.78, 5) is 26.6. The van der Waals surface area contributed by atoms with Gasteiger partial charge in [-0.3, -0.25) is 14.9 Å². The molecular weight excluding hydrogens is 353 g/mol. The number of thioether (sulfide) groups is 1. The van der Waals surface area contributed by atoms with E-state index in [0.717, 1.165) is 25.0 Å². The Morgan fingerprint density at radius 2 is 2.00 bits per heavy atom. The minimum atomic E-state index is -0.340. The van der Waals surface area contributed by atoms with Crippen LogP contribution in [0.2, 0.25) is 0 Å². The summed E-state index contributed by atoms with van der Waals surface area (Å²) in [5.74, 6) is 0.420. The monoisotopic (exact) mass is 379 g/mol. The number of carbonyl (C=O) groups excluding carboxylic acids is 2. The number of nitrogens with zero attached hydrogens (tertiary/aromatic N) is 1. The van der Waals surface area contributed by atoms with E-state index in [-0.39, 0.29) is 34.6 Å². The molecule has 1 aromatic carbocycles. The molecule has 1 aromatic rings. The van der Waals surface area contributed by atoms with E-state index < -0.39 is 0 Å². The maximum atomic E-state index is 13.0. The third-order valence-corrected chi connectivity index (χ3v) is 6.81. The molecule has 7 heteroatoms. The first-order valence-electron chi connectivity index (χ1n) is 9.19. The third kappa shape index (κ3) is 4.20. The predicted molar refractivity (Wildman–Crippen MR) is 102 cm³/mol. The Labute approximate surface area is 158 Å². The van der Waals surface area contributed by atoms with Crippen molar-refractivity contribution in [1.29, 1.82) is 0 Å². The number of piperidine rings is 1. The summed E-state index contributed by atoms with van der Waals surface area (Å²) in [6.07, 6.45) is 2.52. The van der Waals surface area contributed by atoms with Crippen LogP contribution in [0.25, 0.3) is 0 Å². The van der Waals surface area contributed by atoms with E-state index in [1.165, 1.54) is 24.3 Å². The minimum absolute atomic E-state index is 0.0612. The van der Waals surface area contributed by atoms with E-state index in [9.17, 15) is 14.0 Å². The Kier molecular flexibility index (Phi) is 5.87. The second-order valence-electron chi connectivity index (χ2n) is 7.12. The smallest absolute Gasteiger partial charge is 0.253 e. The second kappa shape index (κ2) is 7.96. The first kappa shape index (κ1) is 19.2. The van der Waals surface area contributed by atoms with Gasteiger partial charge in [-0.05, 0) is 50.5 Å². The van der Waals surface area contributed by atoms with Crippen LogP contribution in [0.3, 0.4) is 0 Å². The Bertz CT molecular complexity index is 659. The topological polar surface area (TPSA) is 61.4 Å². The number of rotatable bonds is 4. The lowest BCUT2D eigenvalue weighted by Gasteiger charge is -2.39. The summed E-state index contributed by atoms with van der Waals surface area (Å²) in [5, 5.41) is 6.54. The lowest BCUT2D eigenvalue weighted by atomic mass is 10.0. The SMILES string of the molecule is CCC(C)NC(=O)C1CSC2(CCN(C(=O)c3ccc(F)cc3)CC2)N1. The van der Waals surface area contributed by atoms with Crippen LogP contribution in [0.15, 0.2) is 24.3 Å². The first-order valence-corrected chi connectivity index (χ1v) is 10.2. The van der Waals surface area contributed by atoms with Crippen molar-refractivity contribution in [3.63, 3.8) is 0 Å². The molecule has 26 heavy (non-hydrogen) atoms. The van der Waals surface area contributed by atoms with Gasteiger partial charge < -0.3 is 10.2 Å². The number of hydrogen-bond acceptors (Lipinski definition) is 4.